The fourth-order valence-corrected chi connectivity index (χ4v) is 2.93. The Morgan fingerprint density at radius 1 is 1.38 bits per heavy atom. The van der Waals surface area contributed by atoms with Crippen molar-refractivity contribution in [1.82, 2.24) is 10.3 Å². The predicted octanol–water partition coefficient (Wildman–Crippen LogP) is 3.88. The minimum atomic E-state index is -0.255. The zero-order valence-electron chi connectivity index (χ0n) is 13.7. The fraction of sp³-hybridized carbons (Fsp3) is 0.706. The second-order valence-electron chi connectivity index (χ2n) is 6.99. The predicted molar refractivity (Wildman–Crippen MR) is 86.1 cm³/mol. The van der Waals surface area contributed by atoms with Gasteiger partial charge in [-0.3, -0.25) is 0 Å². The van der Waals surface area contributed by atoms with Crippen LogP contribution in [0, 0.1) is 5.82 Å². The van der Waals surface area contributed by atoms with Crippen molar-refractivity contribution in [3.8, 4) is 0 Å². The van der Waals surface area contributed by atoms with Crippen molar-refractivity contribution in [2.45, 2.75) is 71.5 Å². The van der Waals surface area contributed by atoms with Gasteiger partial charge in [0.25, 0.3) is 0 Å². The van der Waals surface area contributed by atoms with Crippen LogP contribution in [0.3, 0.4) is 0 Å². The summed E-state index contributed by atoms with van der Waals surface area (Å²) in [4.78, 5) is 6.79. The van der Waals surface area contributed by atoms with Crippen LogP contribution >= 0.6 is 0 Å². The van der Waals surface area contributed by atoms with E-state index in [2.05, 4.69) is 42.9 Å². The summed E-state index contributed by atoms with van der Waals surface area (Å²) in [5.41, 5.74) is 0.973. The highest BCUT2D eigenvalue weighted by molar-refractivity contribution is 5.48. The first kappa shape index (κ1) is 16.2. The van der Waals surface area contributed by atoms with E-state index in [-0.39, 0.29) is 11.4 Å². The largest absolute Gasteiger partial charge is 0.353 e. The molecule has 0 amide bonds. The van der Waals surface area contributed by atoms with Gasteiger partial charge in [0, 0.05) is 30.2 Å². The van der Waals surface area contributed by atoms with E-state index >= 15 is 0 Å². The van der Waals surface area contributed by atoms with Crippen molar-refractivity contribution in [2.24, 2.45) is 0 Å². The molecule has 0 saturated carbocycles. The minimum absolute atomic E-state index is 0.00957. The van der Waals surface area contributed by atoms with E-state index in [4.69, 9.17) is 0 Å². The van der Waals surface area contributed by atoms with Crippen molar-refractivity contribution in [2.75, 3.05) is 11.4 Å². The number of aromatic nitrogens is 1. The lowest BCUT2D eigenvalue weighted by Crippen LogP contribution is -2.41. The number of halogens is 1. The Kier molecular flexibility index (Phi) is 5.20. The Labute approximate surface area is 127 Å². The van der Waals surface area contributed by atoms with Gasteiger partial charge in [-0.15, -0.1) is 0 Å². The quantitative estimate of drug-likeness (QED) is 0.913. The highest BCUT2D eigenvalue weighted by atomic mass is 19.1. The summed E-state index contributed by atoms with van der Waals surface area (Å²) < 4.78 is 13.6. The molecule has 1 saturated heterocycles. The first-order chi connectivity index (χ1) is 9.90. The average Bonchev–Trinajstić information content (AvgIpc) is 2.44. The van der Waals surface area contributed by atoms with Gasteiger partial charge in [-0.1, -0.05) is 6.92 Å². The molecule has 1 aromatic heterocycles. The van der Waals surface area contributed by atoms with Crippen LogP contribution in [0.25, 0.3) is 0 Å². The first-order valence-corrected chi connectivity index (χ1v) is 8.07. The maximum atomic E-state index is 13.6. The van der Waals surface area contributed by atoms with Gasteiger partial charge in [0.2, 0.25) is 0 Å². The molecular weight excluding hydrogens is 265 g/mol. The normalized spacial score (nSPS) is 19.9. The summed E-state index contributed by atoms with van der Waals surface area (Å²) in [5.74, 6) is 0.703. The van der Waals surface area contributed by atoms with Gasteiger partial charge in [-0.05, 0) is 52.5 Å². The van der Waals surface area contributed by atoms with E-state index in [1.54, 1.807) is 6.07 Å². The highest BCUT2D eigenvalue weighted by Crippen LogP contribution is 2.28. The van der Waals surface area contributed by atoms with E-state index in [0.717, 1.165) is 24.3 Å². The molecule has 0 bridgehead atoms. The lowest BCUT2D eigenvalue weighted by atomic mass is 9.99. The molecule has 1 fully saturated rings. The molecule has 1 N–H and O–H groups in total. The van der Waals surface area contributed by atoms with Crippen molar-refractivity contribution in [3.05, 3.63) is 23.6 Å². The minimum Gasteiger partial charge on any atom is -0.353 e. The number of piperidine rings is 1. The molecule has 0 spiro atoms. The maximum absolute atomic E-state index is 13.6. The molecule has 1 aliphatic heterocycles. The van der Waals surface area contributed by atoms with Crippen molar-refractivity contribution < 1.29 is 4.39 Å². The molecule has 1 unspecified atom stereocenters. The maximum Gasteiger partial charge on any atom is 0.141 e. The SMILES string of the molecule is CCC1CCCCN1c1ncc(F)cc1CNC(C)(C)C. The van der Waals surface area contributed by atoms with Gasteiger partial charge in [0.05, 0.1) is 6.20 Å². The van der Waals surface area contributed by atoms with Gasteiger partial charge in [-0.25, -0.2) is 9.37 Å². The molecule has 0 aliphatic carbocycles. The van der Waals surface area contributed by atoms with Crippen LogP contribution in [0.15, 0.2) is 12.3 Å². The second-order valence-corrected chi connectivity index (χ2v) is 6.99. The van der Waals surface area contributed by atoms with Gasteiger partial charge in [0.1, 0.15) is 11.6 Å². The third kappa shape index (κ3) is 4.40. The van der Waals surface area contributed by atoms with Gasteiger partial charge in [0.15, 0.2) is 0 Å². The van der Waals surface area contributed by atoms with Crippen LogP contribution in [-0.4, -0.2) is 23.1 Å². The number of anilines is 1. The molecule has 2 rings (SSSR count). The lowest BCUT2D eigenvalue weighted by molar-refractivity contribution is 0.418. The summed E-state index contributed by atoms with van der Waals surface area (Å²) >= 11 is 0. The number of hydrogen-bond acceptors (Lipinski definition) is 3. The Balaban J connectivity index is 2.25. The molecule has 1 atom stereocenters. The summed E-state index contributed by atoms with van der Waals surface area (Å²) in [6.45, 7) is 10.3. The van der Waals surface area contributed by atoms with Crippen LogP contribution < -0.4 is 10.2 Å². The Morgan fingerprint density at radius 2 is 2.14 bits per heavy atom. The zero-order valence-corrected chi connectivity index (χ0v) is 13.7. The lowest BCUT2D eigenvalue weighted by Gasteiger charge is -2.37. The Morgan fingerprint density at radius 3 is 2.81 bits per heavy atom. The van der Waals surface area contributed by atoms with E-state index in [1.807, 2.05) is 0 Å². The fourth-order valence-electron chi connectivity index (χ4n) is 2.93. The summed E-state index contributed by atoms with van der Waals surface area (Å²) in [6, 6.07) is 2.16. The third-order valence-corrected chi connectivity index (χ3v) is 4.09. The van der Waals surface area contributed by atoms with Crippen LogP contribution in [-0.2, 0) is 6.54 Å². The highest BCUT2D eigenvalue weighted by Gasteiger charge is 2.24. The second kappa shape index (κ2) is 6.73. The average molecular weight is 293 g/mol. The molecule has 0 radical (unpaired) electrons. The van der Waals surface area contributed by atoms with Crippen molar-refractivity contribution >= 4 is 5.82 Å². The Bertz CT molecular complexity index is 468. The number of rotatable bonds is 4. The van der Waals surface area contributed by atoms with Gasteiger partial charge in [-0.2, -0.15) is 0 Å². The number of nitrogens with zero attached hydrogens (tertiary/aromatic N) is 2. The summed E-state index contributed by atoms with van der Waals surface area (Å²) in [5, 5.41) is 3.44. The van der Waals surface area contributed by atoms with Crippen LogP contribution in [0.5, 0.6) is 0 Å². The van der Waals surface area contributed by atoms with Crippen LogP contribution in [0.1, 0.15) is 58.9 Å². The molecule has 2 heterocycles. The number of pyridine rings is 1. The molecule has 1 aromatic rings. The van der Waals surface area contributed by atoms with E-state index in [9.17, 15) is 4.39 Å². The van der Waals surface area contributed by atoms with Gasteiger partial charge < -0.3 is 10.2 Å². The number of hydrogen-bond donors (Lipinski definition) is 1. The topological polar surface area (TPSA) is 28.2 Å². The molecule has 0 aromatic carbocycles. The Hall–Kier alpha value is -1.16. The first-order valence-electron chi connectivity index (χ1n) is 8.07. The molecular formula is C17H28FN3. The third-order valence-electron chi connectivity index (χ3n) is 4.09. The molecule has 4 heteroatoms. The zero-order chi connectivity index (χ0) is 15.5. The van der Waals surface area contributed by atoms with Crippen molar-refractivity contribution in [1.29, 1.82) is 0 Å². The van der Waals surface area contributed by atoms with Crippen molar-refractivity contribution in [3.63, 3.8) is 0 Å². The summed E-state index contributed by atoms with van der Waals surface area (Å²) in [6.07, 6.45) is 6.15. The number of nitrogens with one attached hydrogen (secondary N) is 1. The standard InChI is InChI=1S/C17H28FN3/c1-5-15-8-6-7-9-21(15)16-13(10-14(18)12-19-16)11-20-17(2,3)4/h10,12,15,20H,5-9,11H2,1-4H3. The molecule has 118 valence electrons. The van der Waals surface area contributed by atoms with E-state index in [1.165, 1.54) is 25.5 Å². The monoisotopic (exact) mass is 293 g/mol. The smallest absolute Gasteiger partial charge is 0.141 e. The van der Waals surface area contributed by atoms with E-state index < -0.39 is 0 Å². The van der Waals surface area contributed by atoms with Crippen LogP contribution in [0.4, 0.5) is 10.2 Å². The van der Waals surface area contributed by atoms with Gasteiger partial charge >= 0.3 is 0 Å². The molecule has 1 aliphatic rings. The van der Waals surface area contributed by atoms with Crippen LogP contribution in [0.2, 0.25) is 0 Å². The molecule has 21 heavy (non-hydrogen) atoms. The van der Waals surface area contributed by atoms with E-state index in [0.29, 0.717) is 12.6 Å². The summed E-state index contributed by atoms with van der Waals surface area (Å²) in [7, 11) is 0. The molecule has 3 nitrogen and oxygen atoms in total.